The van der Waals surface area contributed by atoms with Crippen LogP contribution in [-0.2, 0) is 0 Å². The average Bonchev–Trinajstić information content (AvgIpc) is 2.39. The molecule has 0 spiro atoms. The molecule has 0 fully saturated rings. The summed E-state index contributed by atoms with van der Waals surface area (Å²) in [6.07, 6.45) is 0. The van der Waals surface area contributed by atoms with Crippen molar-refractivity contribution >= 4 is 11.4 Å². The minimum absolute atomic E-state index is 0.687. The maximum absolute atomic E-state index is 8.76. The van der Waals surface area contributed by atoms with Crippen LogP contribution in [0.5, 0.6) is 0 Å². The fraction of sp³-hybridized carbons (Fsp3) is 0.133. The lowest BCUT2D eigenvalue weighted by molar-refractivity contribution is 1.18. The van der Waals surface area contributed by atoms with Crippen molar-refractivity contribution in [1.29, 1.82) is 5.26 Å². The van der Waals surface area contributed by atoms with Crippen molar-refractivity contribution in [2.45, 2.75) is 6.92 Å². The Kier molecular flexibility index (Phi) is 3.11. The van der Waals surface area contributed by atoms with Gasteiger partial charge in [0.2, 0.25) is 0 Å². The van der Waals surface area contributed by atoms with E-state index < -0.39 is 0 Å². The second-order valence-corrected chi connectivity index (χ2v) is 4.00. The van der Waals surface area contributed by atoms with E-state index in [-0.39, 0.29) is 0 Å². The van der Waals surface area contributed by atoms with E-state index in [0.29, 0.717) is 5.56 Å². The van der Waals surface area contributed by atoms with Crippen LogP contribution in [0.25, 0.3) is 0 Å². The van der Waals surface area contributed by atoms with Gasteiger partial charge in [0.25, 0.3) is 0 Å². The molecular formula is C15H14N2. The summed E-state index contributed by atoms with van der Waals surface area (Å²) in [4.78, 5) is 2.12. The van der Waals surface area contributed by atoms with Crippen molar-refractivity contribution in [3.05, 3.63) is 59.7 Å². The maximum Gasteiger partial charge on any atom is 0.0991 e. The lowest BCUT2D eigenvalue weighted by Crippen LogP contribution is -2.10. The Labute approximate surface area is 102 Å². The number of anilines is 2. The predicted octanol–water partition coefficient (Wildman–Crippen LogP) is 3.63. The zero-order chi connectivity index (χ0) is 12.3. The molecule has 0 N–H and O–H groups in total. The van der Waals surface area contributed by atoms with E-state index in [1.807, 2.05) is 43.4 Å². The summed E-state index contributed by atoms with van der Waals surface area (Å²) >= 11 is 0. The van der Waals surface area contributed by atoms with Gasteiger partial charge in [-0.25, -0.2) is 0 Å². The molecule has 2 aromatic rings. The summed E-state index contributed by atoms with van der Waals surface area (Å²) in [5, 5.41) is 8.76. The first-order chi connectivity index (χ1) is 8.22. The molecule has 0 aliphatic heterocycles. The molecule has 0 unspecified atom stereocenters. The van der Waals surface area contributed by atoms with Crippen LogP contribution in [0, 0.1) is 18.3 Å². The molecule has 0 saturated carbocycles. The SMILES string of the molecule is Cc1ccccc1N(C)c1ccc(C#N)cc1. The molecule has 84 valence electrons. The molecule has 0 aliphatic rings. The first-order valence-electron chi connectivity index (χ1n) is 5.52. The van der Waals surface area contributed by atoms with E-state index in [2.05, 4.69) is 30.0 Å². The van der Waals surface area contributed by atoms with Crippen molar-refractivity contribution in [3.63, 3.8) is 0 Å². The van der Waals surface area contributed by atoms with Crippen LogP contribution >= 0.6 is 0 Å². The highest BCUT2D eigenvalue weighted by atomic mass is 15.1. The van der Waals surface area contributed by atoms with Gasteiger partial charge in [-0.15, -0.1) is 0 Å². The second kappa shape index (κ2) is 4.71. The maximum atomic E-state index is 8.76. The third-order valence-electron chi connectivity index (χ3n) is 2.86. The fourth-order valence-corrected chi connectivity index (χ4v) is 1.84. The molecule has 0 aliphatic carbocycles. The molecule has 0 saturated heterocycles. The smallest absolute Gasteiger partial charge is 0.0991 e. The molecule has 2 heteroatoms. The monoisotopic (exact) mass is 222 g/mol. The normalized spacial score (nSPS) is 9.71. The van der Waals surface area contributed by atoms with Crippen molar-refractivity contribution in [3.8, 4) is 6.07 Å². The number of benzene rings is 2. The largest absolute Gasteiger partial charge is 0.344 e. The van der Waals surface area contributed by atoms with E-state index in [1.165, 1.54) is 11.3 Å². The minimum atomic E-state index is 0.687. The Morgan fingerprint density at radius 3 is 2.24 bits per heavy atom. The zero-order valence-electron chi connectivity index (χ0n) is 10.0. The standard InChI is InChI=1S/C15H14N2/c1-12-5-3-4-6-15(12)17(2)14-9-7-13(11-16)8-10-14/h3-10H,1-2H3. The van der Waals surface area contributed by atoms with E-state index in [4.69, 9.17) is 5.26 Å². The van der Waals surface area contributed by atoms with Crippen LogP contribution in [0.2, 0.25) is 0 Å². The minimum Gasteiger partial charge on any atom is -0.344 e. The van der Waals surface area contributed by atoms with E-state index in [1.54, 1.807) is 0 Å². The predicted molar refractivity (Wildman–Crippen MR) is 70.4 cm³/mol. The Bertz CT molecular complexity index is 550. The van der Waals surface area contributed by atoms with Crippen LogP contribution in [0.1, 0.15) is 11.1 Å². The first-order valence-corrected chi connectivity index (χ1v) is 5.52. The lowest BCUT2D eigenvalue weighted by atomic mass is 10.1. The number of hydrogen-bond donors (Lipinski definition) is 0. The van der Waals surface area contributed by atoms with Gasteiger partial charge >= 0.3 is 0 Å². The van der Waals surface area contributed by atoms with Gasteiger partial charge in [-0.2, -0.15) is 5.26 Å². The quantitative estimate of drug-likeness (QED) is 0.775. The topological polar surface area (TPSA) is 27.0 Å². The zero-order valence-corrected chi connectivity index (χ0v) is 10.0. The summed E-state index contributed by atoms with van der Waals surface area (Å²) < 4.78 is 0. The van der Waals surface area contributed by atoms with E-state index in [9.17, 15) is 0 Å². The van der Waals surface area contributed by atoms with E-state index >= 15 is 0 Å². The van der Waals surface area contributed by atoms with Gasteiger partial charge in [0.1, 0.15) is 0 Å². The molecule has 17 heavy (non-hydrogen) atoms. The van der Waals surface area contributed by atoms with Gasteiger partial charge in [-0.3, -0.25) is 0 Å². The molecule has 0 heterocycles. The number of hydrogen-bond acceptors (Lipinski definition) is 2. The highest BCUT2D eigenvalue weighted by molar-refractivity contribution is 5.65. The number of nitrogens with zero attached hydrogens (tertiary/aromatic N) is 2. The summed E-state index contributed by atoms with van der Waals surface area (Å²) in [6.45, 7) is 2.09. The molecule has 0 aromatic heterocycles. The average molecular weight is 222 g/mol. The second-order valence-electron chi connectivity index (χ2n) is 4.00. The van der Waals surface area contributed by atoms with Gasteiger partial charge < -0.3 is 4.90 Å². The van der Waals surface area contributed by atoms with Crippen molar-refractivity contribution < 1.29 is 0 Å². The lowest BCUT2D eigenvalue weighted by Gasteiger charge is -2.21. The van der Waals surface area contributed by atoms with Gasteiger partial charge in [0.15, 0.2) is 0 Å². The van der Waals surface area contributed by atoms with E-state index in [0.717, 1.165) is 5.69 Å². The molecular weight excluding hydrogens is 208 g/mol. The Morgan fingerprint density at radius 1 is 1.00 bits per heavy atom. The first kappa shape index (κ1) is 11.2. The number of nitriles is 1. The number of rotatable bonds is 2. The molecule has 0 bridgehead atoms. The molecule has 2 rings (SSSR count). The summed E-state index contributed by atoms with van der Waals surface area (Å²) in [5.41, 5.74) is 4.18. The van der Waals surface area contributed by atoms with Crippen molar-refractivity contribution in [2.24, 2.45) is 0 Å². The van der Waals surface area contributed by atoms with Crippen LogP contribution in [-0.4, -0.2) is 7.05 Å². The van der Waals surface area contributed by atoms with Crippen LogP contribution < -0.4 is 4.90 Å². The highest BCUT2D eigenvalue weighted by Crippen LogP contribution is 2.26. The fourth-order valence-electron chi connectivity index (χ4n) is 1.84. The van der Waals surface area contributed by atoms with Gasteiger partial charge in [0, 0.05) is 18.4 Å². The van der Waals surface area contributed by atoms with Crippen LogP contribution in [0.15, 0.2) is 48.5 Å². The highest BCUT2D eigenvalue weighted by Gasteiger charge is 2.05. The van der Waals surface area contributed by atoms with Gasteiger partial charge in [0.05, 0.1) is 11.6 Å². The van der Waals surface area contributed by atoms with Gasteiger partial charge in [-0.05, 0) is 42.8 Å². The number of aryl methyl sites for hydroxylation is 1. The summed E-state index contributed by atoms with van der Waals surface area (Å²) in [5.74, 6) is 0. The summed E-state index contributed by atoms with van der Waals surface area (Å²) in [6, 6.07) is 18.0. The Balaban J connectivity index is 2.34. The molecule has 0 radical (unpaired) electrons. The third kappa shape index (κ3) is 2.29. The Hall–Kier alpha value is -2.27. The Morgan fingerprint density at radius 2 is 1.65 bits per heavy atom. The van der Waals surface area contributed by atoms with Crippen LogP contribution in [0.4, 0.5) is 11.4 Å². The number of para-hydroxylation sites is 1. The molecule has 0 atom stereocenters. The molecule has 0 amide bonds. The third-order valence-corrected chi connectivity index (χ3v) is 2.86. The van der Waals surface area contributed by atoms with Gasteiger partial charge in [-0.1, -0.05) is 18.2 Å². The van der Waals surface area contributed by atoms with Crippen molar-refractivity contribution in [1.82, 2.24) is 0 Å². The molecule has 2 nitrogen and oxygen atoms in total. The van der Waals surface area contributed by atoms with Crippen LogP contribution in [0.3, 0.4) is 0 Å². The van der Waals surface area contributed by atoms with Crippen molar-refractivity contribution in [2.75, 3.05) is 11.9 Å². The summed E-state index contributed by atoms with van der Waals surface area (Å²) in [7, 11) is 2.03. The molecule has 2 aromatic carbocycles.